The molecule has 0 atom stereocenters. The first kappa shape index (κ1) is 28.3. The van der Waals surface area contributed by atoms with E-state index in [2.05, 4.69) is 193 Å². The summed E-state index contributed by atoms with van der Waals surface area (Å²) in [5, 5.41) is 5.28. The Bertz CT molecular complexity index is 2530. The van der Waals surface area contributed by atoms with Crippen molar-refractivity contribution >= 4 is 59.3 Å². The van der Waals surface area contributed by atoms with E-state index in [-0.39, 0.29) is 0 Å². The average molecular weight is 630 g/mol. The summed E-state index contributed by atoms with van der Waals surface area (Å²) >= 11 is 1.87. The molecule has 48 heavy (non-hydrogen) atoms. The molecule has 1 heterocycles. The van der Waals surface area contributed by atoms with Crippen LogP contribution in [0.1, 0.15) is 0 Å². The van der Waals surface area contributed by atoms with Crippen LogP contribution >= 0.6 is 11.3 Å². The third-order valence-electron chi connectivity index (χ3n) is 9.28. The summed E-state index contributed by atoms with van der Waals surface area (Å²) < 4.78 is 2.68. The van der Waals surface area contributed by atoms with Gasteiger partial charge in [0, 0.05) is 37.1 Å². The fourth-order valence-corrected chi connectivity index (χ4v) is 8.05. The molecule has 2 heteroatoms. The number of anilines is 3. The molecular formula is C46H31NS. The van der Waals surface area contributed by atoms with E-state index in [4.69, 9.17) is 0 Å². The molecule has 0 amide bonds. The molecule has 1 nitrogen and oxygen atoms in total. The van der Waals surface area contributed by atoms with Crippen molar-refractivity contribution < 1.29 is 0 Å². The second-order valence-corrected chi connectivity index (χ2v) is 13.2. The van der Waals surface area contributed by atoms with Gasteiger partial charge >= 0.3 is 0 Å². The maximum Gasteiger partial charge on any atom is 0.0540 e. The first-order valence-corrected chi connectivity index (χ1v) is 17.2. The van der Waals surface area contributed by atoms with Crippen molar-refractivity contribution in [2.45, 2.75) is 0 Å². The molecule has 0 unspecified atom stereocenters. The summed E-state index contributed by atoms with van der Waals surface area (Å²) in [7, 11) is 0. The molecule has 0 spiro atoms. The number of hydrogen-bond acceptors (Lipinski definition) is 2. The van der Waals surface area contributed by atoms with Crippen molar-refractivity contribution in [2.24, 2.45) is 0 Å². The lowest BCUT2D eigenvalue weighted by molar-refractivity contribution is 1.28. The van der Waals surface area contributed by atoms with Crippen LogP contribution < -0.4 is 4.90 Å². The Balaban J connectivity index is 1.13. The summed E-state index contributed by atoms with van der Waals surface area (Å²) in [4.78, 5) is 2.37. The Kier molecular flexibility index (Phi) is 7.07. The van der Waals surface area contributed by atoms with Crippen LogP contribution in [0.25, 0.3) is 64.3 Å². The number of para-hydroxylation sites is 1. The minimum atomic E-state index is 1.11. The molecule has 1 aromatic heterocycles. The molecule has 226 valence electrons. The van der Waals surface area contributed by atoms with E-state index in [1.807, 2.05) is 11.3 Å². The predicted molar refractivity (Wildman–Crippen MR) is 208 cm³/mol. The van der Waals surface area contributed by atoms with Crippen LogP contribution in [0.3, 0.4) is 0 Å². The molecular weight excluding hydrogens is 599 g/mol. The second kappa shape index (κ2) is 12.0. The van der Waals surface area contributed by atoms with E-state index in [0.29, 0.717) is 0 Å². The van der Waals surface area contributed by atoms with E-state index in [0.717, 1.165) is 17.1 Å². The zero-order valence-electron chi connectivity index (χ0n) is 26.3. The molecule has 0 aliphatic heterocycles. The first-order valence-electron chi connectivity index (χ1n) is 16.3. The lowest BCUT2D eigenvalue weighted by Gasteiger charge is -2.28. The predicted octanol–water partition coefficient (Wildman–Crippen LogP) is 13.7. The topological polar surface area (TPSA) is 3.24 Å². The van der Waals surface area contributed by atoms with Crippen LogP contribution in [0, 0.1) is 0 Å². The Morgan fingerprint density at radius 2 is 0.917 bits per heavy atom. The fraction of sp³-hybridized carbons (Fsp3) is 0. The van der Waals surface area contributed by atoms with Crippen molar-refractivity contribution in [2.75, 3.05) is 4.90 Å². The first-order chi connectivity index (χ1) is 23.8. The second-order valence-electron chi connectivity index (χ2n) is 12.2. The van der Waals surface area contributed by atoms with Crippen LogP contribution in [0.5, 0.6) is 0 Å². The molecule has 0 radical (unpaired) electrons. The number of hydrogen-bond donors (Lipinski definition) is 0. The SMILES string of the molecule is c1ccc(-c2ccc(N(c3ccc(-c4ccc5c(ccc6sc7ccccc7c65)c4)cc3)c3ccccc3-c3ccccc3)cc2)cc1. The normalized spacial score (nSPS) is 11.3. The van der Waals surface area contributed by atoms with Gasteiger partial charge in [0.2, 0.25) is 0 Å². The summed E-state index contributed by atoms with van der Waals surface area (Å²) in [6.07, 6.45) is 0. The van der Waals surface area contributed by atoms with E-state index in [1.54, 1.807) is 0 Å². The van der Waals surface area contributed by atoms with Crippen LogP contribution in [0.2, 0.25) is 0 Å². The van der Waals surface area contributed by atoms with Gasteiger partial charge in [-0.3, -0.25) is 0 Å². The van der Waals surface area contributed by atoms with Crippen LogP contribution in [-0.4, -0.2) is 0 Å². The molecule has 0 saturated heterocycles. The van der Waals surface area contributed by atoms with Gasteiger partial charge in [-0.2, -0.15) is 0 Å². The van der Waals surface area contributed by atoms with Crippen LogP contribution in [0.15, 0.2) is 188 Å². The number of rotatable bonds is 6. The maximum absolute atomic E-state index is 2.37. The highest BCUT2D eigenvalue weighted by Gasteiger charge is 2.18. The smallest absolute Gasteiger partial charge is 0.0540 e. The summed E-state index contributed by atoms with van der Waals surface area (Å²) in [6.45, 7) is 0. The molecule has 9 aromatic rings. The highest BCUT2D eigenvalue weighted by atomic mass is 32.1. The number of benzene rings is 8. The third kappa shape index (κ3) is 5.04. The monoisotopic (exact) mass is 629 g/mol. The molecule has 9 rings (SSSR count). The maximum atomic E-state index is 2.37. The quantitative estimate of drug-likeness (QED) is 0.177. The van der Waals surface area contributed by atoms with Gasteiger partial charge in [-0.1, -0.05) is 140 Å². The largest absolute Gasteiger partial charge is 0.310 e. The Labute approximate surface area is 284 Å². The lowest BCUT2D eigenvalue weighted by atomic mass is 9.98. The molecule has 0 aliphatic rings. The molecule has 0 bridgehead atoms. The van der Waals surface area contributed by atoms with Crippen molar-refractivity contribution in [3.63, 3.8) is 0 Å². The standard InChI is InChI=1S/C46H31NS/c1-3-11-32(12-4-1)33-19-25-38(26-20-33)47(43-17-9-7-15-40(43)35-13-5-2-6-14-35)39-27-21-34(22-28-39)36-23-29-41-37(31-36)24-30-45-46(41)42-16-8-10-18-44(42)48-45/h1-31H. The molecule has 8 aromatic carbocycles. The van der Waals surface area contributed by atoms with Crippen LogP contribution in [-0.2, 0) is 0 Å². The fourth-order valence-electron chi connectivity index (χ4n) is 6.93. The highest BCUT2D eigenvalue weighted by Crippen LogP contribution is 2.43. The van der Waals surface area contributed by atoms with E-state index in [1.165, 1.54) is 64.3 Å². The summed E-state index contributed by atoms with van der Waals surface area (Å²) in [6, 6.07) is 68.0. The number of thiophene rings is 1. The zero-order chi connectivity index (χ0) is 31.9. The number of fused-ring (bicyclic) bond motifs is 5. The van der Waals surface area contributed by atoms with Crippen molar-refractivity contribution in [3.8, 4) is 33.4 Å². The zero-order valence-corrected chi connectivity index (χ0v) is 27.1. The van der Waals surface area contributed by atoms with Gasteiger partial charge in [-0.15, -0.1) is 11.3 Å². The number of nitrogens with zero attached hydrogens (tertiary/aromatic N) is 1. The van der Waals surface area contributed by atoms with E-state index in [9.17, 15) is 0 Å². The summed E-state index contributed by atoms with van der Waals surface area (Å²) in [5.74, 6) is 0. The van der Waals surface area contributed by atoms with Gasteiger partial charge < -0.3 is 4.90 Å². The third-order valence-corrected chi connectivity index (χ3v) is 10.4. The lowest BCUT2D eigenvalue weighted by Crippen LogP contribution is -2.11. The van der Waals surface area contributed by atoms with Gasteiger partial charge in [0.1, 0.15) is 0 Å². The Morgan fingerprint density at radius 3 is 1.65 bits per heavy atom. The van der Waals surface area contributed by atoms with E-state index >= 15 is 0 Å². The molecule has 0 aliphatic carbocycles. The van der Waals surface area contributed by atoms with Crippen molar-refractivity contribution in [1.82, 2.24) is 0 Å². The van der Waals surface area contributed by atoms with Gasteiger partial charge in [-0.25, -0.2) is 0 Å². The van der Waals surface area contributed by atoms with Gasteiger partial charge in [0.15, 0.2) is 0 Å². The minimum absolute atomic E-state index is 1.11. The molecule has 0 saturated carbocycles. The molecule has 0 N–H and O–H groups in total. The average Bonchev–Trinajstić information content (AvgIpc) is 3.56. The van der Waals surface area contributed by atoms with Gasteiger partial charge in [0.05, 0.1) is 5.69 Å². The summed E-state index contributed by atoms with van der Waals surface area (Å²) in [5.41, 5.74) is 10.6. The van der Waals surface area contributed by atoms with Crippen molar-refractivity contribution in [3.05, 3.63) is 188 Å². The Hall–Kier alpha value is -5.96. The van der Waals surface area contributed by atoms with Crippen LogP contribution in [0.4, 0.5) is 17.1 Å². The molecule has 0 fully saturated rings. The Morgan fingerprint density at radius 1 is 0.354 bits per heavy atom. The van der Waals surface area contributed by atoms with E-state index < -0.39 is 0 Å². The van der Waals surface area contributed by atoms with Gasteiger partial charge in [0.25, 0.3) is 0 Å². The highest BCUT2D eigenvalue weighted by molar-refractivity contribution is 7.26. The minimum Gasteiger partial charge on any atom is -0.310 e. The van der Waals surface area contributed by atoms with Crippen molar-refractivity contribution in [1.29, 1.82) is 0 Å². The van der Waals surface area contributed by atoms with Gasteiger partial charge in [-0.05, 0) is 87.1 Å².